The van der Waals surface area contributed by atoms with Crippen molar-refractivity contribution in [2.24, 2.45) is 0 Å². The molecule has 1 atom stereocenters. The van der Waals surface area contributed by atoms with Crippen LogP contribution in [0.3, 0.4) is 0 Å². The van der Waals surface area contributed by atoms with Gasteiger partial charge >= 0.3 is 0 Å². The van der Waals surface area contributed by atoms with Gasteiger partial charge in [-0.15, -0.1) is 0 Å². The van der Waals surface area contributed by atoms with Crippen LogP contribution in [0, 0.1) is 10.1 Å². The van der Waals surface area contributed by atoms with E-state index in [0.29, 0.717) is 16.9 Å². The van der Waals surface area contributed by atoms with Gasteiger partial charge in [0, 0.05) is 35.8 Å². The third kappa shape index (κ3) is 5.53. The second-order valence-electron chi connectivity index (χ2n) is 7.25. The van der Waals surface area contributed by atoms with Crippen LogP contribution < -0.4 is 10.6 Å². The molecule has 0 aliphatic heterocycles. The van der Waals surface area contributed by atoms with Crippen LogP contribution in [-0.4, -0.2) is 22.8 Å². The molecule has 1 aromatic heterocycles. The van der Waals surface area contributed by atoms with Gasteiger partial charge in [0.1, 0.15) is 5.76 Å². The Morgan fingerprint density at radius 1 is 1.12 bits per heavy atom. The number of halogens is 1. The third-order valence-corrected chi connectivity index (χ3v) is 5.20. The van der Waals surface area contributed by atoms with Crippen molar-refractivity contribution >= 4 is 29.1 Å². The summed E-state index contributed by atoms with van der Waals surface area (Å²) >= 11 is 6.12. The van der Waals surface area contributed by atoms with Gasteiger partial charge in [0.2, 0.25) is 0 Å². The first-order valence-electron chi connectivity index (χ1n) is 10.0. The van der Waals surface area contributed by atoms with E-state index in [9.17, 15) is 19.7 Å². The van der Waals surface area contributed by atoms with E-state index in [1.54, 1.807) is 24.3 Å². The first kappa shape index (κ1) is 23.0. The van der Waals surface area contributed by atoms with Gasteiger partial charge < -0.3 is 15.1 Å². The van der Waals surface area contributed by atoms with Gasteiger partial charge in [0.15, 0.2) is 5.76 Å². The topological polar surface area (TPSA) is 114 Å². The van der Waals surface area contributed by atoms with Crippen molar-refractivity contribution in [2.45, 2.75) is 32.9 Å². The second-order valence-corrected chi connectivity index (χ2v) is 7.66. The maximum Gasteiger partial charge on any atom is 0.287 e. The van der Waals surface area contributed by atoms with Crippen molar-refractivity contribution in [1.82, 2.24) is 10.6 Å². The molecule has 0 aliphatic carbocycles. The molecule has 3 rings (SSSR count). The molecule has 1 heterocycles. The smallest absolute Gasteiger partial charge is 0.287 e. The minimum absolute atomic E-state index is 0.0695. The van der Waals surface area contributed by atoms with Crippen molar-refractivity contribution in [1.29, 1.82) is 0 Å². The van der Waals surface area contributed by atoms with Gasteiger partial charge in [-0.25, -0.2) is 0 Å². The van der Waals surface area contributed by atoms with Gasteiger partial charge in [0.05, 0.1) is 9.95 Å². The molecule has 8 nitrogen and oxygen atoms in total. The van der Waals surface area contributed by atoms with Crippen molar-refractivity contribution in [3.63, 3.8) is 0 Å². The van der Waals surface area contributed by atoms with Crippen LogP contribution in [0.5, 0.6) is 0 Å². The maximum atomic E-state index is 12.5. The summed E-state index contributed by atoms with van der Waals surface area (Å²) < 4.78 is 5.59. The van der Waals surface area contributed by atoms with E-state index < -0.39 is 10.8 Å². The lowest BCUT2D eigenvalue weighted by atomic mass is 10.1. The molecule has 2 amide bonds. The van der Waals surface area contributed by atoms with Crippen LogP contribution in [0.15, 0.2) is 59.0 Å². The quantitative estimate of drug-likeness (QED) is 0.367. The molecule has 32 heavy (non-hydrogen) atoms. The summed E-state index contributed by atoms with van der Waals surface area (Å²) in [6.45, 7) is 4.13. The van der Waals surface area contributed by atoms with Crippen LogP contribution in [0.1, 0.15) is 46.7 Å². The fraction of sp³-hybridized carbons (Fsp3) is 0.217. The molecule has 2 aromatic carbocycles. The van der Waals surface area contributed by atoms with Gasteiger partial charge in [-0.05, 0) is 49.2 Å². The monoisotopic (exact) mass is 455 g/mol. The number of carbonyl (C=O) groups excluding carboxylic acids is 2. The van der Waals surface area contributed by atoms with Crippen molar-refractivity contribution in [3.8, 4) is 11.3 Å². The highest BCUT2D eigenvalue weighted by molar-refractivity contribution is 6.33. The predicted octanol–water partition coefficient (Wildman–Crippen LogP) is 4.97. The van der Waals surface area contributed by atoms with E-state index in [1.165, 1.54) is 24.3 Å². The number of nitro groups is 1. The first-order chi connectivity index (χ1) is 15.3. The second kappa shape index (κ2) is 10.1. The minimum atomic E-state index is -0.542. The molecule has 0 aliphatic rings. The SMILES string of the molecule is CCC(C)NC(=O)c1cccc(CNC(=O)c2ccc(-c3ccc([N+](=O)[O-])cc3Cl)o2)c1. The highest BCUT2D eigenvalue weighted by atomic mass is 35.5. The van der Waals surface area contributed by atoms with E-state index in [1.807, 2.05) is 19.9 Å². The average molecular weight is 456 g/mol. The number of non-ortho nitro benzene ring substituents is 1. The van der Waals surface area contributed by atoms with E-state index >= 15 is 0 Å². The van der Waals surface area contributed by atoms with E-state index in [2.05, 4.69) is 10.6 Å². The summed E-state index contributed by atoms with van der Waals surface area (Å²) in [6, 6.07) is 14.2. The fourth-order valence-corrected chi connectivity index (χ4v) is 3.19. The number of carbonyl (C=O) groups is 2. The standard InChI is InChI=1S/C23H22ClN3O5/c1-3-14(2)26-22(28)16-6-4-5-15(11-16)13-25-23(29)21-10-9-20(32-21)18-8-7-17(27(30)31)12-19(18)24/h4-12,14H,3,13H2,1-2H3,(H,25,29)(H,26,28). The van der Waals surface area contributed by atoms with Crippen LogP contribution in [0.4, 0.5) is 5.69 Å². The molecule has 0 saturated carbocycles. The first-order valence-corrected chi connectivity index (χ1v) is 10.4. The zero-order valence-electron chi connectivity index (χ0n) is 17.6. The lowest BCUT2D eigenvalue weighted by Gasteiger charge is -2.12. The summed E-state index contributed by atoms with van der Waals surface area (Å²) in [4.78, 5) is 35.1. The van der Waals surface area contributed by atoms with E-state index in [-0.39, 0.29) is 35.0 Å². The summed E-state index contributed by atoms with van der Waals surface area (Å²) in [5.41, 5.74) is 1.59. The normalized spacial score (nSPS) is 11.6. The highest BCUT2D eigenvalue weighted by Gasteiger charge is 2.16. The lowest BCUT2D eigenvalue weighted by Crippen LogP contribution is -2.32. The molecule has 0 fully saturated rings. The summed E-state index contributed by atoms with van der Waals surface area (Å²) in [6.07, 6.45) is 0.831. The molecule has 0 radical (unpaired) electrons. The molecule has 1 unspecified atom stereocenters. The Kier molecular flexibility index (Phi) is 7.27. The minimum Gasteiger partial charge on any atom is -0.451 e. The maximum absolute atomic E-state index is 12.5. The number of nitrogens with zero attached hydrogens (tertiary/aromatic N) is 1. The van der Waals surface area contributed by atoms with Crippen molar-refractivity contribution in [3.05, 3.63) is 86.6 Å². The number of hydrogen-bond acceptors (Lipinski definition) is 5. The Morgan fingerprint density at radius 3 is 2.59 bits per heavy atom. The zero-order chi connectivity index (χ0) is 23.3. The molecule has 9 heteroatoms. The lowest BCUT2D eigenvalue weighted by molar-refractivity contribution is -0.384. The van der Waals surface area contributed by atoms with Crippen LogP contribution >= 0.6 is 11.6 Å². The summed E-state index contributed by atoms with van der Waals surface area (Å²) in [5, 5.41) is 16.7. The number of nitro benzene ring substituents is 1. The van der Waals surface area contributed by atoms with Crippen molar-refractivity contribution < 1.29 is 18.9 Å². The summed E-state index contributed by atoms with van der Waals surface area (Å²) in [7, 11) is 0. The Bertz CT molecular complexity index is 1160. The Hall–Kier alpha value is -3.65. The molecular weight excluding hydrogens is 434 g/mol. The number of rotatable bonds is 8. The van der Waals surface area contributed by atoms with Crippen LogP contribution in [-0.2, 0) is 6.54 Å². The molecule has 3 aromatic rings. The largest absolute Gasteiger partial charge is 0.451 e. The third-order valence-electron chi connectivity index (χ3n) is 4.89. The van der Waals surface area contributed by atoms with Gasteiger partial charge in [-0.2, -0.15) is 0 Å². The molecule has 166 valence electrons. The summed E-state index contributed by atoms with van der Waals surface area (Å²) in [5.74, 6) is -0.217. The van der Waals surface area contributed by atoms with Crippen LogP contribution in [0.2, 0.25) is 5.02 Å². The predicted molar refractivity (Wildman–Crippen MR) is 121 cm³/mol. The highest BCUT2D eigenvalue weighted by Crippen LogP contribution is 2.32. The number of furan rings is 1. The Labute approximate surface area is 189 Å². The van der Waals surface area contributed by atoms with Crippen LogP contribution in [0.25, 0.3) is 11.3 Å². The number of benzene rings is 2. The Morgan fingerprint density at radius 2 is 1.91 bits per heavy atom. The van der Waals surface area contributed by atoms with Crippen molar-refractivity contribution in [2.75, 3.05) is 0 Å². The van der Waals surface area contributed by atoms with E-state index in [0.717, 1.165) is 12.0 Å². The van der Waals surface area contributed by atoms with E-state index in [4.69, 9.17) is 16.0 Å². The number of amides is 2. The molecule has 0 spiro atoms. The Balaban J connectivity index is 1.66. The number of hydrogen-bond donors (Lipinski definition) is 2. The molecular formula is C23H22ClN3O5. The van der Waals surface area contributed by atoms with Gasteiger partial charge in [0.25, 0.3) is 17.5 Å². The molecule has 2 N–H and O–H groups in total. The van der Waals surface area contributed by atoms with Gasteiger partial charge in [-0.1, -0.05) is 30.7 Å². The van der Waals surface area contributed by atoms with Gasteiger partial charge in [-0.3, -0.25) is 19.7 Å². The molecule has 0 saturated heterocycles. The fourth-order valence-electron chi connectivity index (χ4n) is 2.92. The molecule has 0 bridgehead atoms. The number of nitrogens with one attached hydrogen (secondary N) is 2. The zero-order valence-corrected chi connectivity index (χ0v) is 18.3. The average Bonchev–Trinajstić information content (AvgIpc) is 3.27.